The number of piperidine rings is 1. The maximum Gasteiger partial charge on any atom is 0.337 e. The van der Waals surface area contributed by atoms with Crippen molar-refractivity contribution in [2.45, 2.75) is 58.7 Å². The number of para-hydroxylation sites is 1. The zero-order valence-corrected chi connectivity index (χ0v) is 20.9. The van der Waals surface area contributed by atoms with E-state index in [-0.39, 0.29) is 5.97 Å². The Morgan fingerprint density at radius 1 is 1.09 bits per heavy atom. The Balaban J connectivity index is 1.46. The molecule has 1 saturated heterocycles. The topological polar surface area (TPSA) is 34.5 Å². The third kappa shape index (κ3) is 5.69. The van der Waals surface area contributed by atoms with Gasteiger partial charge in [-0.2, -0.15) is 0 Å². The van der Waals surface area contributed by atoms with Gasteiger partial charge in [0.2, 0.25) is 0 Å². The van der Waals surface area contributed by atoms with Crippen molar-refractivity contribution in [2.75, 3.05) is 26.7 Å². The van der Waals surface area contributed by atoms with Crippen molar-refractivity contribution in [1.82, 2.24) is 9.47 Å². The van der Waals surface area contributed by atoms with Crippen LogP contribution in [0.15, 0.2) is 48.5 Å². The standard InChI is InChI=1S/C29H37FN2O2/c1-21-26(19-23-9-11-24(12-10-23)28(33)34-4)25-7-5-6-8-27(25)32(21)18-15-22-13-16-31(17-14-22)20-29(2,3)30/h5-12,22H,13-20H2,1-4H3. The lowest BCUT2D eigenvalue weighted by atomic mass is 9.93. The second-order valence-corrected chi connectivity index (χ2v) is 10.3. The van der Waals surface area contributed by atoms with Gasteiger partial charge in [-0.1, -0.05) is 30.3 Å². The summed E-state index contributed by atoms with van der Waals surface area (Å²) in [4.78, 5) is 14.0. The van der Waals surface area contributed by atoms with Gasteiger partial charge in [0.15, 0.2) is 0 Å². The van der Waals surface area contributed by atoms with Gasteiger partial charge in [0.1, 0.15) is 5.67 Å². The normalized spacial score (nSPS) is 15.7. The first-order chi connectivity index (χ1) is 16.2. The predicted octanol–water partition coefficient (Wildman–Crippen LogP) is 6.18. The smallest absolute Gasteiger partial charge is 0.337 e. The zero-order chi connectivity index (χ0) is 24.3. The lowest BCUT2D eigenvalue weighted by Crippen LogP contribution is -2.41. The molecule has 0 unspecified atom stereocenters. The molecule has 0 spiro atoms. The first-order valence-corrected chi connectivity index (χ1v) is 12.4. The minimum Gasteiger partial charge on any atom is -0.465 e. The van der Waals surface area contributed by atoms with Gasteiger partial charge in [-0.15, -0.1) is 0 Å². The SMILES string of the molecule is COC(=O)c1ccc(Cc2c(C)n(CCC3CCN(CC(C)(C)F)CC3)c3ccccc23)cc1. The summed E-state index contributed by atoms with van der Waals surface area (Å²) in [5.74, 6) is 0.382. The Morgan fingerprint density at radius 2 is 1.76 bits per heavy atom. The van der Waals surface area contributed by atoms with Crippen LogP contribution in [0.3, 0.4) is 0 Å². The van der Waals surface area contributed by atoms with Gasteiger partial charge in [-0.05, 0) is 94.8 Å². The highest BCUT2D eigenvalue weighted by molar-refractivity contribution is 5.89. The molecular formula is C29H37FN2O2. The summed E-state index contributed by atoms with van der Waals surface area (Å²) in [7, 11) is 1.41. The summed E-state index contributed by atoms with van der Waals surface area (Å²) in [5.41, 5.74) is 4.59. The number of halogens is 1. The molecule has 1 aromatic heterocycles. The van der Waals surface area contributed by atoms with Crippen molar-refractivity contribution in [2.24, 2.45) is 5.92 Å². The van der Waals surface area contributed by atoms with Crippen molar-refractivity contribution in [3.05, 3.63) is 70.9 Å². The number of fused-ring (bicyclic) bond motifs is 1. The Bertz CT molecular complexity index is 1120. The lowest BCUT2D eigenvalue weighted by molar-refractivity contribution is 0.0600. The quantitative estimate of drug-likeness (QED) is 0.374. The summed E-state index contributed by atoms with van der Waals surface area (Å²) < 4.78 is 21.3. The number of likely N-dealkylation sites (tertiary alicyclic amines) is 1. The maximum absolute atomic E-state index is 14.0. The van der Waals surface area contributed by atoms with Crippen LogP contribution in [0.25, 0.3) is 10.9 Å². The van der Waals surface area contributed by atoms with Gasteiger partial charge in [0, 0.05) is 29.7 Å². The van der Waals surface area contributed by atoms with E-state index in [1.807, 2.05) is 24.3 Å². The molecule has 182 valence electrons. The van der Waals surface area contributed by atoms with Crippen LogP contribution in [0.5, 0.6) is 0 Å². The van der Waals surface area contributed by atoms with Crippen molar-refractivity contribution in [3.63, 3.8) is 0 Å². The maximum atomic E-state index is 14.0. The minimum atomic E-state index is -1.12. The van der Waals surface area contributed by atoms with E-state index in [4.69, 9.17) is 4.74 Å². The Kier molecular flexibility index (Phi) is 7.42. The number of benzene rings is 2. The molecule has 0 aliphatic carbocycles. The van der Waals surface area contributed by atoms with Crippen molar-refractivity contribution < 1.29 is 13.9 Å². The lowest BCUT2D eigenvalue weighted by Gasteiger charge is -2.34. The molecule has 4 rings (SSSR count). The fourth-order valence-corrected chi connectivity index (χ4v) is 5.37. The molecular weight excluding hydrogens is 427 g/mol. The molecule has 0 atom stereocenters. The largest absolute Gasteiger partial charge is 0.465 e. The van der Waals surface area contributed by atoms with Gasteiger partial charge in [-0.25, -0.2) is 9.18 Å². The van der Waals surface area contributed by atoms with Gasteiger partial charge in [0.25, 0.3) is 0 Å². The fourth-order valence-electron chi connectivity index (χ4n) is 5.37. The number of aryl methyl sites for hydroxylation is 1. The highest BCUT2D eigenvalue weighted by atomic mass is 19.1. The number of carbonyl (C=O) groups is 1. The van der Waals surface area contributed by atoms with Crippen LogP contribution in [-0.2, 0) is 17.7 Å². The number of rotatable bonds is 8. The molecule has 2 heterocycles. The molecule has 1 aliphatic heterocycles. The van der Waals surface area contributed by atoms with E-state index in [0.717, 1.165) is 45.3 Å². The average Bonchev–Trinajstić information content (AvgIpc) is 3.08. The van der Waals surface area contributed by atoms with E-state index in [0.29, 0.717) is 18.0 Å². The zero-order valence-electron chi connectivity index (χ0n) is 20.9. The molecule has 0 radical (unpaired) electrons. The van der Waals surface area contributed by atoms with Crippen LogP contribution in [0.1, 0.15) is 60.3 Å². The number of esters is 1. The number of ether oxygens (including phenoxy) is 1. The van der Waals surface area contributed by atoms with Gasteiger partial charge in [-0.3, -0.25) is 0 Å². The third-order valence-electron chi connectivity index (χ3n) is 7.19. The van der Waals surface area contributed by atoms with Crippen molar-refractivity contribution >= 4 is 16.9 Å². The van der Waals surface area contributed by atoms with Gasteiger partial charge in [0.05, 0.1) is 12.7 Å². The van der Waals surface area contributed by atoms with Crippen molar-refractivity contribution in [3.8, 4) is 0 Å². The highest BCUT2D eigenvalue weighted by Crippen LogP contribution is 2.30. The molecule has 5 heteroatoms. The highest BCUT2D eigenvalue weighted by Gasteiger charge is 2.25. The summed E-state index contributed by atoms with van der Waals surface area (Å²) >= 11 is 0. The number of nitrogens with zero attached hydrogens (tertiary/aromatic N) is 2. The van der Waals surface area contributed by atoms with E-state index >= 15 is 0 Å². The van der Waals surface area contributed by atoms with E-state index in [9.17, 15) is 9.18 Å². The number of aromatic nitrogens is 1. The average molecular weight is 465 g/mol. The number of alkyl halides is 1. The van der Waals surface area contributed by atoms with Crippen LogP contribution >= 0.6 is 0 Å². The van der Waals surface area contributed by atoms with E-state index < -0.39 is 5.67 Å². The first-order valence-electron chi connectivity index (χ1n) is 12.4. The van der Waals surface area contributed by atoms with Crippen LogP contribution in [0, 0.1) is 12.8 Å². The minimum absolute atomic E-state index is 0.307. The Hall–Kier alpha value is -2.66. The Labute approximate surface area is 202 Å². The number of hydrogen-bond donors (Lipinski definition) is 0. The van der Waals surface area contributed by atoms with E-state index in [2.05, 4.69) is 40.7 Å². The third-order valence-corrected chi connectivity index (χ3v) is 7.19. The summed E-state index contributed by atoms with van der Waals surface area (Å²) in [6.45, 7) is 9.10. The first kappa shape index (κ1) is 24.5. The molecule has 34 heavy (non-hydrogen) atoms. The second-order valence-electron chi connectivity index (χ2n) is 10.3. The molecule has 2 aromatic carbocycles. The number of carbonyl (C=O) groups excluding carboxylic acids is 1. The summed E-state index contributed by atoms with van der Waals surface area (Å²) in [6, 6.07) is 16.4. The molecule has 4 nitrogen and oxygen atoms in total. The molecule has 0 amide bonds. The number of methoxy groups -OCH3 is 1. The molecule has 1 aliphatic rings. The molecule has 0 saturated carbocycles. The van der Waals surface area contributed by atoms with Gasteiger partial charge >= 0.3 is 5.97 Å². The van der Waals surface area contributed by atoms with Crippen LogP contribution < -0.4 is 0 Å². The second kappa shape index (κ2) is 10.3. The summed E-state index contributed by atoms with van der Waals surface area (Å²) in [5, 5.41) is 1.30. The molecule has 0 N–H and O–H groups in total. The number of hydrogen-bond acceptors (Lipinski definition) is 3. The monoisotopic (exact) mass is 464 g/mol. The predicted molar refractivity (Wildman–Crippen MR) is 136 cm³/mol. The Morgan fingerprint density at radius 3 is 2.41 bits per heavy atom. The molecule has 1 fully saturated rings. The van der Waals surface area contributed by atoms with E-state index in [1.165, 1.54) is 34.8 Å². The van der Waals surface area contributed by atoms with Crippen LogP contribution in [0.2, 0.25) is 0 Å². The van der Waals surface area contributed by atoms with Crippen LogP contribution in [0.4, 0.5) is 4.39 Å². The van der Waals surface area contributed by atoms with E-state index in [1.54, 1.807) is 13.8 Å². The molecule has 3 aromatic rings. The fraction of sp³-hybridized carbons (Fsp3) is 0.483. The van der Waals surface area contributed by atoms with Gasteiger partial charge < -0.3 is 14.2 Å². The van der Waals surface area contributed by atoms with Crippen molar-refractivity contribution in [1.29, 1.82) is 0 Å². The summed E-state index contributed by atoms with van der Waals surface area (Å²) in [6.07, 6.45) is 4.28. The van der Waals surface area contributed by atoms with Crippen LogP contribution in [-0.4, -0.2) is 47.8 Å². The molecule has 0 bridgehead atoms.